The summed E-state index contributed by atoms with van der Waals surface area (Å²) in [4.78, 5) is 2.03. The third-order valence-electron chi connectivity index (χ3n) is 3.32. The highest BCUT2D eigenvalue weighted by Crippen LogP contribution is 2.42. The van der Waals surface area contributed by atoms with Gasteiger partial charge in [0.15, 0.2) is 11.5 Å². The van der Waals surface area contributed by atoms with Crippen LogP contribution in [-0.4, -0.2) is 30.3 Å². The predicted molar refractivity (Wildman–Crippen MR) is 87.5 cm³/mol. The number of nitrogens with zero attached hydrogens (tertiary/aromatic N) is 1. The van der Waals surface area contributed by atoms with E-state index in [4.69, 9.17) is 28.7 Å². The molecule has 0 aliphatic carbocycles. The molecule has 1 aliphatic rings. The van der Waals surface area contributed by atoms with Crippen LogP contribution in [0, 0.1) is 37.0 Å². The number of hydrogen-bond donors (Lipinski definition) is 0. The molecule has 0 N–H and O–H groups in total. The highest BCUT2D eigenvalue weighted by Gasteiger charge is 2.33. The van der Waals surface area contributed by atoms with Gasteiger partial charge in [0.25, 0.3) is 0 Å². The van der Waals surface area contributed by atoms with E-state index in [1.54, 1.807) is 0 Å². The van der Waals surface area contributed by atoms with Crippen molar-refractivity contribution in [3.63, 3.8) is 0 Å². The van der Waals surface area contributed by atoms with Crippen molar-refractivity contribution in [3.8, 4) is 48.5 Å². The van der Waals surface area contributed by atoms with Crippen LogP contribution in [0.1, 0.15) is 25.0 Å². The number of rotatable bonds is 5. The molecule has 1 aliphatic heterocycles. The Morgan fingerprint density at radius 3 is 2.36 bits per heavy atom. The van der Waals surface area contributed by atoms with E-state index in [1.807, 2.05) is 30.9 Å². The molecular formula is C19H19NO2. The van der Waals surface area contributed by atoms with E-state index in [0.717, 1.165) is 18.5 Å². The number of terminal acetylenes is 3. The second kappa shape index (κ2) is 6.48. The maximum atomic E-state index is 5.78. The first-order valence-electron chi connectivity index (χ1n) is 7.10. The van der Waals surface area contributed by atoms with Crippen molar-refractivity contribution < 1.29 is 9.47 Å². The lowest BCUT2D eigenvalue weighted by Crippen LogP contribution is -2.29. The van der Waals surface area contributed by atoms with Crippen molar-refractivity contribution in [1.82, 2.24) is 4.90 Å². The fraction of sp³-hybridized carbons (Fsp3) is 0.368. The molecule has 0 saturated carbocycles. The van der Waals surface area contributed by atoms with Gasteiger partial charge < -0.3 is 9.47 Å². The summed E-state index contributed by atoms with van der Waals surface area (Å²) in [7, 11) is 0. The molecule has 1 aromatic carbocycles. The zero-order valence-electron chi connectivity index (χ0n) is 13.0. The fourth-order valence-corrected chi connectivity index (χ4v) is 2.38. The Morgan fingerprint density at radius 2 is 1.77 bits per heavy atom. The van der Waals surface area contributed by atoms with Crippen LogP contribution in [0.15, 0.2) is 12.1 Å². The molecular weight excluding hydrogens is 274 g/mol. The Balaban J connectivity index is 2.16. The van der Waals surface area contributed by atoms with E-state index in [0.29, 0.717) is 30.2 Å². The van der Waals surface area contributed by atoms with Gasteiger partial charge in [-0.2, -0.15) is 0 Å². The predicted octanol–water partition coefficient (Wildman–Crippen LogP) is 2.29. The first kappa shape index (κ1) is 15.8. The summed E-state index contributed by atoms with van der Waals surface area (Å²) in [6.07, 6.45) is 17.1. The van der Waals surface area contributed by atoms with Gasteiger partial charge >= 0.3 is 0 Å². The Hall–Kier alpha value is -2.54. The van der Waals surface area contributed by atoms with Gasteiger partial charge in [0.05, 0.1) is 18.7 Å². The summed E-state index contributed by atoms with van der Waals surface area (Å²) in [5.74, 6) is 8.54. The Kier molecular flexibility index (Phi) is 4.67. The Labute approximate surface area is 132 Å². The number of ether oxygens (including phenoxy) is 2. The highest BCUT2D eigenvalue weighted by atomic mass is 16.7. The normalized spacial score (nSPS) is 14.2. The third-order valence-corrected chi connectivity index (χ3v) is 3.32. The van der Waals surface area contributed by atoms with Crippen molar-refractivity contribution in [2.75, 3.05) is 19.6 Å². The lowest BCUT2D eigenvalue weighted by molar-refractivity contribution is -0.0432. The maximum absolute atomic E-state index is 5.78. The van der Waals surface area contributed by atoms with Crippen molar-refractivity contribution in [3.05, 3.63) is 23.3 Å². The van der Waals surface area contributed by atoms with Crippen LogP contribution < -0.4 is 9.47 Å². The minimum Gasteiger partial charge on any atom is -0.449 e. The molecule has 0 aromatic heterocycles. The molecule has 0 spiro atoms. The average molecular weight is 293 g/mol. The lowest BCUT2D eigenvalue weighted by Gasteiger charge is -2.16. The Morgan fingerprint density at radius 1 is 1.09 bits per heavy atom. The van der Waals surface area contributed by atoms with E-state index in [2.05, 4.69) is 17.8 Å². The summed E-state index contributed by atoms with van der Waals surface area (Å²) in [5, 5.41) is 0. The monoisotopic (exact) mass is 293 g/mol. The molecule has 0 unspecified atom stereocenters. The van der Waals surface area contributed by atoms with E-state index >= 15 is 0 Å². The smallest absolute Gasteiger partial charge is 0.246 e. The van der Waals surface area contributed by atoms with Gasteiger partial charge in [-0.15, -0.1) is 19.3 Å². The van der Waals surface area contributed by atoms with Gasteiger partial charge in [0.1, 0.15) is 0 Å². The molecule has 2 rings (SSSR count). The van der Waals surface area contributed by atoms with Gasteiger partial charge in [0.2, 0.25) is 5.79 Å². The molecule has 3 nitrogen and oxygen atoms in total. The second-order valence-electron chi connectivity index (χ2n) is 5.59. The molecule has 0 amide bonds. The molecule has 0 atom stereocenters. The van der Waals surface area contributed by atoms with Crippen LogP contribution in [0.25, 0.3) is 0 Å². The van der Waals surface area contributed by atoms with Crippen LogP contribution in [-0.2, 0) is 6.42 Å². The van der Waals surface area contributed by atoms with Crippen LogP contribution >= 0.6 is 0 Å². The van der Waals surface area contributed by atoms with Gasteiger partial charge in [-0.3, -0.25) is 4.90 Å². The summed E-state index contributed by atoms with van der Waals surface area (Å²) >= 11 is 0. The van der Waals surface area contributed by atoms with Crippen molar-refractivity contribution >= 4 is 0 Å². The van der Waals surface area contributed by atoms with Crippen molar-refractivity contribution in [2.24, 2.45) is 0 Å². The molecule has 112 valence electrons. The van der Waals surface area contributed by atoms with Gasteiger partial charge in [-0.05, 0) is 24.1 Å². The van der Waals surface area contributed by atoms with Crippen molar-refractivity contribution in [1.29, 1.82) is 0 Å². The first-order valence-corrected chi connectivity index (χ1v) is 7.10. The molecule has 22 heavy (non-hydrogen) atoms. The van der Waals surface area contributed by atoms with E-state index < -0.39 is 5.79 Å². The van der Waals surface area contributed by atoms with Gasteiger partial charge in [-0.1, -0.05) is 17.8 Å². The quantitative estimate of drug-likeness (QED) is 0.778. The first-order chi connectivity index (χ1) is 10.5. The molecule has 0 fully saturated rings. The van der Waals surface area contributed by atoms with Gasteiger partial charge in [0, 0.05) is 20.4 Å². The molecule has 0 bridgehead atoms. The highest BCUT2D eigenvalue weighted by molar-refractivity contribution is 5.57. The largest absolute Gasteiger partial charge is 0.449 e. The summed E-state index contributed by atoms with van der Waals surface area (Å²) < 4.78 is 11.5. The van der Waals surface area contributed by atoms with Gasteiger partial charge in [-0.25, -0.2) is 0 Å². The number of benzene rings is 1. The fourth-order valence-electron chi connectivity index (χ4n) is 2.38. The standard InChI is InChI=1S/C19H19NO2/c1-6-10-20(11-7-2)12-9-15-13-16(8-3)18-17(14-15)21-19(4,5)22-18/h1-3,13-14H,9-12H2,4-5H3. The third kappa shape index (κ3) is 3.56. The van der Waals surface area contributed by atoms with Crippen LogP contribution in [0.2, 0.25) is 0 Å². The van der Waals surface area contributed by atoms with E-state index in [9.17, 15) is 0 Å². The lowest BCUT2D eigenvalue weighted by atomic mass is 10.1. The minimum atomic E-state index is -0.689. The maximum Gasteiger partial charge on any atom is 0.246 e. The Bertz CT molecular complexity index is 667. The van der Waals surface area contributed by atoms with Crippen molar-refractivity contribution in [2.45, 2.75) is 26.1 Å². The molecule has 3 heteroatoms. The van der Waals surface area contributed by atoms with Crippen LogP contribution in [0.4, 0.5) is 0 Å². The van der Waals surface area contributed by atoms with E-state index in [-0.39, 0.29) is 0 Å². The second-order valence-corrected chi connectivity index (χ2v) is 5.59. The molecule has 1 aromatic rings. The topological polar surface area (TPSA) is 21.7 Å². The molecule has 1 heterocycles. The number of fused-ring (bicyclic) bond motifs is 1. The summed E-state index contributed by atoms with van der Waals surface area (Å²) in [5.41, 5.74) is 1.78. The zero-order valence-corrected chi connectivity index (χ0v) is 13.0. The zero-order chi connectivity index (χ0) is 16.2. The average Bonchev–Trinajstić information content (AvgIpc) is 2.78. The molecule has 0 radical (unpaired) electrons. The minimum absolute atomic E-state index is 0.532. The number of hydrogen-bond acceptors (Lipinski definition) is 3. The SMILES string of the molecule is C#CCN(CC#C)CCc1cc(C#C)c2c(c1)OC(C)(C)O2. The van der Waals surface area contributed by atoms with Crippen LogP contribution in [0.3, 0.4) is 0 Å². The van der Waals surface area contributed by atoms with E-state index in [1.165, 1.54) is 0 Å². The molecule has 0 saturated heterocycles. The van der Waals surface area contributed by atoms with Crippen LogP contribution in [0.5, 0.6) is 11.5 Å². The summed E-state index contributed by atoms with van der Waals surface area (Å²) in [6, 6.07) is 3.92. The summed E-state index contributed by atoms with van der Waals surface area (Å²) in [6.45, 7) is 5.54.